The topological polar surface area (TPSA) is 112 Å². The molecule has 2 amide bonds. The fraction of sp³-hybridized carbons (Fsp3) is 0.381. The van der Waals surface area contributed by atoms with Gasteiger partial charge < -0.3 is 26.6 Å². The molecule has 8 nitrogen and oxygen atoms in total. The highest BCUT2D eigenvalue weighted by molar-refractivity contribution is 7.14. The van der Waals surface area contributed by atoms with Crippen molar-refractivity contribution in [2.24, 2.45) is 10.7 Å². The zero-order chi connectivity index (χ0) is 21.3. The maximum atomic E-state index is 11.9. The number of amides is 2. The zero-order valence-corrected chi connectivity index (χ0v) is 17.9. The number of primary amides is 1. The van der Waals surface area contributed by atoms with Gasteiger partial charge in [-0.1, -0.05) is 12.1 Å². The summed E-state index contributed by atoms with van der Waals surface area (Å²) in [5.41, 5.74) is 6.55. The quantitative estimate of drug-likeness (QED) is 0.392. The zero-order valence-electron chi connectivity index (χ0n) is 17.1. The number of hydrogen-bond acceptors (Lipinski definition) is 5. The minimum absolute atomic E-state index is 0.170. The van der Waals surface area contributed by atoms with Crippen molar-refractivity contribution in [1.29, 1.82) is 0 Å². The van der Waals surface area contributed by atoms with Crippen LogP contribution in [0.2, 0.25) is 0 Å². The predicted molar refractivity (Wildman–Crippen MR) is 121 cm³/mol. The van der Waals surface area contributed by atoms with Crippen molar-refractivity contribution in [1.82, 2.24) is 16.0 Å². The van der Waals surface area contributed by atoms with Crippen molar-refractivity contribution in [3.8, 4) is 0 Å². The number of thiophene rings is 1. The molecule has 0 saturated carbocycles. The average molecular weight is 429 g/mol. The van der Waals surface area contributed by atoms with Gasteiger partial charge in [0.05, 0.1) is 11.5 Å². The molecule has 1 aromatic carbocycles. The molecule has 1 fully saturated rings. The van der Waals surface area contributed by atoms with Gasteiger partial charge in [0.25, 0.3) is 5.91 Å². The van der Waals surface area contributed by atoms with Gasteiger partial charge in [-0.2, -0.15) is 0 Å². The van der Waals surface area contributed by atoms with E-state index in [1.165, 1.54) is 5.00 Å². The number of nitrogens with zero attached hydrogens (tertiary/aromatic N) is 2. The minimum atomic E-state index is -0.569. The number of anilines is 1. The van der Waals surface area contributed by atoms with Gasteiger partial charge in [0.2, 0.25) is 5.91 Å². The Balaban J connectivity index is 1.43. The van der Waals surface area contributed by atoms with Crippen LogP contribution in [0.1, 0.15) is 28.8 Å². The number of nitrogens with one attached hydrogen (secondary N) is 3. The first kappa shape index (κ1) is 21.6. The summed E-state index contributed by atoms with van der Waals surface area (Å²) in [7, 11) is 1.77. The summed E-state index contributed by atoms with van der Waals surface area (Å²) in [6, 6.07) is 11.9. The molecule has 2 aromatic rings. The maximum Gasteiger partial charge on any atom is 0.251 e. The standard InChI is InChI=1S/C21H28N6O2S/c1-23-21(26-17-8-10-27(11-9-17)19-3-2-12-30-19)25-13-15-4-6-16(7-5-15)20(29)24-14-18(22)28/h2-7,12,17H,8-11,13-14H2,1H3,(H2,22,28)(H,24,29)(H2,23,25,26). The fourth-order valence-electron chi connectivity index (χ4n) is 3.31. The molecule has 1 aliphatic heterocycles. The molecule has 1 aromatic heterocycles. The first-order chi connectivity index (χ1) is 14.5. The van der Waals surface area contributed by atoms with E-state index in [1.54, 1.807) is 30.5 Å². The van der Waals surface area contributed by atoms with E-state index >= 15 is 0 Å². The van der Waals surface area contributed by atoms with Gasteiger partial charge in [-0.25, -0.2) is 0 Å². The minimum Gasteiger partial charge on any atom is -0.368 e. The van der Waals surface area contributed by atoms with E-state index in [4.69, 9.17) is 5.73 Å². The Morgan fingerprint density at radius 2 is 1.90 bits per heavy atom. The fourth-order valence-corrected chi connectivity index (χ4v) is 4.10. The van der Waals surface area contributed by atoms with Crippen molar-refractivity contribution in [3.63, 3.8) is 0 Å². The van der Waals surface area contributed by atoms with Gasteiger partial charge >= 0.3 is 0 Å². The Labute approximate surface area is 180 Å². The molecule has 0 spiro atoms. The van der Waals surface area contributed by atoms with Crippen LogP contribution in [0.3, 0.4) is 0 Å². The van der Waals surface area contributed by atoms with Crippen LogP contribution in [0.15, 0.2) is 46.8 Å². The maximum absolute atomic E-state index is 11.9. The molecule has 0 atom stereocenters. The highest BCUT2D eigenvalue weighted by Gasteiger charge is 2.20. The molecule has 30 heavy (non-hydrogen) atoms. The lowest BCUT2D eigenvalue weighted by Crippen LogP contribution is -2.48. The number of benzene rings is 1. The van der Waals surface area contributed by atoms with E-state index < -0.39 is 5.91 Å². The molecule has 5 N–H and O–H groups in total. The van der Waals surface area contributed by atoms with Crippen LogP contribution < -0.4 is 26.6 Å². The first-order valence-electron chi connectivity index (χ1n) is 9.96. The second-order valence-electron chi connectivity index (χ2n) is 7.13. The molecule has 1 saturated heterocycles. The summed E-state index contributed by atoms with van der Waals surface area (Å²) in [6.07, 6.45) is 2.13. The van der Waals surface area contributed by atoms with Gasteiger partial charge in [-0.05, 0) is 48.1 Å². The van der Waals surface area contributed by atoms with E-state index in [0.717, 1.165) is 37.5 Å². The molecule has 160 valence electrons. The molecule has 3 rings (SSSR count). The summed E-state index contributed by atoms with van der Waals surface area (Å²) in [5, 5.41) is 12.8. The number of rotatable bonds is 7. The van der Waals surface area contributed by atoms with Crippen LogP contribution in [-0.4, -0.2) is 50.5 Å². The van der Waals surface area contributed by atoms with Crippen LogP contribution in [0, 0.1) is 0 Å². The highest BCUT2D eigenvalue weighted by atomic mass is 32.1. The number of hydrogen-bond donors (Lipinski definition) is 4. The summed E-state index contributed by atoms with van der Waals surface area (Å²) in [6.45, 7) is 2.50. The number of aliphatic imine (C=N–C) groups is 1. The van der Waals surface area contributed by atoms with Gasteiger partial charge in [-0.15, -0.1) is 11.3 Å². The largest absolute Gasteiger partial charge is 0.368 e. The van der Waals surface area contributed by atoms with Crippen molar-refractivity contribution in [2.45, 2.75) is 25.4 Å². The van der Waals surface area contributed by atoms with Gasteiger partial charge in [0, 0.05) is 38.3 Å². The second kappa shape index (κ2) is 10.6. The molecular formula is C21H28N6O2S. The number of carbonyl (C=O) groups is 2. The van der Waals surface area contributed by atoms with Crippen LogP contribution in [-0.2, 0) is 11.3 Å². The Morgan fingerprint density at radius 1 is 1.17 bits per heavy atom. The second-order valence-corrected chi connectivity index (χ2v) is 8.05. The van der Waals surface area contributed by atoms with Crippen molar-refractivity contribution >= 4 is 34.1 Å². The molecule has 2 heterocycles. The third kappa shape index (κ3) is 6.21. The highest BCUT2D eigenvalue weighted by Crippen LogP contribution is 2.24. The lowest BCUT2D eigenvalue weighted by Gasteiger charge is -2.33. The first-order valence-corrected chi connectivity index (χ1v) is 10.8. The molecular weight excluding hydrogens is 400 g/mol. The predicted octanol–water partition coefficient (Wildman–Crippen LogP) is 1.30. The van der Waals surface area contributed by atoms with Gasteiger partial charge in [-0.3, -0.25) is 14.6 Å². The van der Waals surface area contributed by atoms with Crippen LogP contribution in [0.25, 0.3) is 0 Å². The average Bonchev–Trinajstić information content (AvgIpc) is 3.30. The molecule has 0 unspecified atom stereocenters. The van der Waals surface area contributed by atoms with E-state index in [-0.39, 0.29) is 12.5 Å². The van der Waals surface area contributed by atoms with Crippen molar-refractivity contribution in [3.05, 3.63) is 52.9 Å². The Hall–Kier alpha value is -3.07. The van der Waals surface area contributed by atoms with Crippen LogP contribution >= 0.6 is 11.3 Å². The Bertz CT molecular complexity index is 858. The van der Waals surface area contributed by atoms with Gasteiger partial charge in [0.1, 0.15) is 0 Å². The molecule has 0 aliphatic carbocycles. The van der Waals surface area contributed by atoms with Crippen molar-refractivity contribution in [2.75, 3.05) is 31.6 Å². The molecule has 0 bridgehead atoms. The van der Waals surface area contributed by atoms with E-state index in [2.05, 4.69) is 43.4 Å². The lowest BCUT2D eigenvalue weighted by molar-refractivity contribution is -0.117. The molecule has 0 radical (unpaired) electrons. The third-order valence-corrected chi connectivity index (χ3v) is 5.91. The number of piperidine rings is 1. The number of guanidine groups is 1. The third-order valence-electron chi connectivity index (χ3n) is 4.98. The molecule has 1 aliphatic rings. The van der Waals surface area contributed by atoms with Crippen LogP contribution in [0.5, 0.6) is 0 Å². The molecule has 9 heteroatoms. The SMILES string of the molecule is CN=C(NCc1ccc(C(=O)NCC(N)=O)cc1)NC1CCN(c2cccs2)CC1. The van der Waals surface area contributed by atoms with Gasteiger partial charge in [0.15, 0.2) is 5.96 Å². The summed E-state index contributed by atoms with van der Waals surface area (Å²) in [5.74, 6) is -0.118. The van der Waals surface area contributed by atoms with Crippen molar-refractivity contribution < 1.29 is 9.59 Å². The summed E-state index contributed by atoms with van der Waals surface area (Å²) >= 11 is 1.79. The Kier molecular flexibility index (Phi) is 7.67. The summed E-state index contributed by atoms with van der Waals surface area (Å²) in [4.78, 5) is 29.4. The number of carbonyl (C=O) groups excluding carboxylic acids is 2. The monoisotopic (exact) mass is 428 g/mol. The number of nitrogens with two attached hydrogens (primary N) is 1. The van der Waals surface area contributed by atoms with E-state index in [0.29, 0.717) is 18.2 Å². The summed E-state index contributed by atoms with van der Waals surface area (Å²) < 4.78 is 0. The smallest absolute Gasteiger partial charge is 0.251 e. The van der Waals surface area contributed by atoms with Crippen LogP contribution in [0.4, 0.5) is 5.00 Å². The normalized spacial score (nSPS) is 15.0. The van der Waals surface area contributed by atoms with E-state index in [1.807, 2.05) is 12.1 Å². The lowest BCUT2D eigenvalue weighted by atomic mass is 10.1. The Morgan fingerprint density at radius 3 is 2.50 bits per heavy atom. The van der Waals surface area contributed by atoms with E-state index in [9.17, 15) is 9.59 Å².